The highest BCUT2D eigenvalue weighted by Gasteiger charge is 2.17. The summed E-state index contributed by atoms with van der Waals surface area (Å²) in [5.74, 6) is 0. The Morgan fingerprint density at radius 2 is 0.600 bits per heavy atom. The van der Waals surface area contributed by atoms with Gasteiger partial charge in [0, 0.05) is 0 Å². The molecule has 0 amide bonds. The van der Waals surface area contributed by atoms with Crippen molar-refractivity contribution in [2.24, 2.45) is 0 Å². The molecule has 6 aromatic rings. The predicted octanol–water partition coefficient (Wildman–Crippen LogP) is 8.69. The van der Waals surface area contributed by atoms with Gasteiger partial charge >= 0.3 is 0 Å². The van der Waals surface area contributed by atoms with Crippen molar-refractivity contribution < 1.29 is 0 Å². The topological polar surface area (TPSA) is 0 Å². The van der Waals surface area contributed by atoms with Crippen molar-refractivity contribution in [3.8, 4) is 0 Å². The van der Waals surface area contributed by atoms with Crippen molar-refractivity contribution in [2.75, 3.05) is 0 Å². The predicted molar refractivity (Wildman–Crippen MR) is 133 cm³/mol. The largest absolute Gasteiger partial charge is 0.0616 e. The molecule has 0 spiro atoms. The van der Waals surface area contributed by atoms with E-state index in [1.54, 1.807) is 0 Å². The summed E-state index contributed by atoms with van der Waals surface area (Å²) in [5.41, 5.74) is 5.58. The van der Waals surface area contributed by atoms with Crippen LogP contribution in [0, 0.1) is 27.7 Å². The Morgan fingerprint density at radius 1 is 0.367 bits per heavy atom. The molecule has 0 radical (unpaired) electrons. The molecule has 0 heterocycles. The Kier molecular flexibility index (Phi) is 3.53. The smallest absolute Gasteiger partial charge is 0.0107 e. The van der Waals surface area contributed by atoms with Crippen LogP contribution in [0.1, 0.15) is 22.3 Å². The van der Waals surface area contributed by atoms with Gasteiger partial charge < -0.3 is 0 Å². The fraction of sp³-hybridized carbons (Fsp3) is 0.133. The van der Waals surface area contributed by atoms with Gasteiger partial charge in [-0.25, -0.2) is 0 Å². The molecule has 6 rings (SSSR count). The third kappa shape index (κ3) is 2.22. The fourth-order valence-electron chi connectivity index (χ4n) is 5.57. The summed E-state index contributed by atoms with van der Waals surface area (Å²) in [4.78, 5) is 0. The second kappa shape index (κ2) is 6.06. The van der Waals surface area contributed by atoms with E-state index < -0.39 is 0 Å². The monoisotopic (exact) mass is 384 g/mol. The third-order valence-electron chi connectivity index (χ3n) is 7.14. The van der Waals surface area contributed by atoms with E-state index in [1.807, 2.05) is 0 Å². The van der Waals surface area contributed by atoms with Crippen molar-refractivity contribution in [1.29, 1.82) is 0 Å². The van der Waals surface area contributed by atoms with Crippen molar-refractivity contribution in [2.45, 2.75) is 27.7 Å². The van der Waals surface area contributed by atoms with E-state index in [0.717, 1.165) is 0 Å². The highest BCUT2D eigenvalue weighted by molar-refractivity contribution is 6.17. The van der Waals surface area contributed by atoms with Crippen LogP contribution in [0.5, 0.6) is 0 Å². The van der Waals surface area contributed by atoms with Crippen LogP contribution >= 0.6 is 0 Å². The van der Waals surface area contributed by atoms with E-state index >= 15 is 0 Å². The van der Waals surface area contributed by atoms with E-state index in [1.165, 1.54) is 76.1 Å². The van der Waals surface area contributed by atoms with E-state index in [2.05, 4.69) is 100 Å². The van der Waals surface area contributed by atoms with Crippen LogP contribution in [-0.2, 0) is 0 Å². The first-order chi connectivity index (χ1) is 14.5. The van der Waals surface area contributed by atoms with Crippen molar-refractivity contribution in [3.63, 3.8) is 0 Å². The van der Waals surface area contributed by atoms with Crippen molar-refractivity contribution >= 4 is 53.9 Å². The molecule has 0 aliphatic carbocycles. The van der Waals surface area contributed by atoms with Crippen LogP contribution in [0.3, 0.4) is 0 Å². The second-order valence-corrected chi connectivity index (χ2v) is 8.74. The van der Waals surface area contributed by atoms with Crippen LogP contribution in [0.25, 0.3) is 53.9 Å². The first-order valence-electron chi connectivity index (χ1n) is 10.7. The molecule has 0 atom stereocenters. The number of aryl methyl sites for hydroxylation is 4. The van der Waals surface area contributed by atoms with Crippen LogP contribution in [-0.4, -0.2) is 0 Å². The summed E-state index contributed by atoms with van der Waals surface area (Å²) in [6, 6.07) is 26.9. The molecule has 0 saturated heterocycles. The van der Waals surface area contributed by atoms with Gasteiger partial charge in [-0.2, -0.15) is 0 Å². The molecule has 0 N–H and O–H groups in total. The molecule has 30 heavy (non-hydrogen) atoms. The molecule has 0 saturated carbocycles. The Labute approximate surface area is 176 Å². The average molecular weight is 385 g/mol. The molecule has 0 heteroatoms. The summed E-state index contributed by atoms with van der Waals surface area (Å²) < 4.78 is 0. The number of fused-ring (bicyclic) bond motifs is 5. The zero-order valence-electron chi connectivity index (χ0n) is 17.9. The van der Waals surface area contributed by atoms with E-state index in [9.17, 15) is 0 Å². The van der Waals surface area contributed by atoms with Crippen LogP contribution < -0.4 is 0 Å². The summed E-state index contributed by atoms with van der Waals surface area (Å²) in [7, 11) is 0. The highest BCUT2D eigenvalue weighted by atomic mass is 14.2. The standard InChI is InChI=1S/C30H24/c1-17-25-13-21-9-5-6-10-22(21)14-26(25)19(3)30-20(4)28-16-24-12-8-7-11-23(24)15-27(28)18(2)29(17)30/h5-16H,1-4H3. The van der Waals surface area contributed by atoms with Gasteiger partial charge in [0.15, 0.2) is 0 Å². The van der Waals surface area contributed by atoms with Crippen LogP contribution in [0.4, 0.5) is 0 Å². The Balaban J connectivity index is 1.89. The molecule has 0 aliphatic heterocycles. The Hall–Kier alpha value is -3.38. The lowest BCUT2D eigenvalue weighted by Gasteiger charge is -2.20. The van der Waals surface area contributed by atoms with E-state index in [-0.39, 0.29) is 0 Å². The Morgan fingerprint density at radius 3 is 0.833 bits per heavy atom. The van der Waals surface area contributed by atoms with Crippen molar-refractivity contribution in [1.82, 2.24) is 0 Å². The zero-order valence-corrected chi connectivity index (χ0v) is 17.9. The van der Waals surface area contributed by atoms with Crippen LogP contribution in [0.15, 0.2) is 72.8 Å². The first kappa shape index (κ1) is 17.5. The molecular formula is C30H24. The zero-order chi connectivity index (χ0) is 20.6. The molecule has 0 nitrogen and oxygen atoms in total. The molecule has 0 unspecified atom stereocenters. The maximum Gasteiger partial charge on any atom is -0.0107 e. The quantitative estimate of drug-likeness (QED) is 0.230. The summed E-state index contributed by atoms with van der Waals surface area (Å²) in [6.07, 6.45) is 0. The minimum Gasteiger partial charge on any atom is -0.0616 e. The van der Waals surface area contributed by atoms with Gasteiger partial charge in [-0.1, -0.05) is 48.5 Å². The van der Waals surface area contributed by atoms with Gasteiger partial charge in [-0.3, -0.25) is 0 Å². The summed E-state index contributed by atoms with van der Waals surface area (Å²) in [6.45, 7) is 9.22. The number of hydrogen-bond donors (Lipinski definition) is 0. The van der Waals surface area contributed by atoms with Gasteiger partial charge in [0.2, 0.25) is 0 Å². The highest BCUT2D eigenvalue weighted by Crippen LogP contribution is 2.42. The maximum atomic E-state index is 2.38. The van der Waals surface area contributed by atoms with Gasteiger partial charge in [-0.15, -0.1) is 0 Å². The number of hydrogen-bond acceptors (Lipinski definition) is 0. The van der Waals surface area contributed by atoms with E-state index in [4.69, 9.17) is 0 Å². The minimum atomic E-state index is 1.31. The normalized spacial score (nSPS) is 12.0. The number of rotatable bonds is 0. The van der Waals surface area contributed by atoms with Crippen molar-refractivity contribution in [3.05, 3.63) is 95.1 Å². The molecule has 0 aromatic heterocycles. The maximum absolute atomic E-state index is 2.38. The Bertz CT molecular complexity index is 1420. The van der Waals surface area contributed by atoms with E-state index in [0.29, 0.717) is 0 Å². The minimum absolute atomic E-state index is 1.31. The number of benzene rings is 6. The lowest BCUT2D eigenvalue weighted by molar-refractivity contribution is 1.46. The third-order valence-corrected chi connectivity index (χ3v) is 7.14. The molecule has 144 valence electrons. The summed E-state index contributed by atoms with van der Waals surface area (Å²) in [5, 5.41) is 13.6. The SMILES string of the molecule is Cc1c2cc3ccccc3cc2c(C)c2c(C)c3cc4ccccc4cc3c(C)c12. The van der Waals surface area contributed by atoms with Crippen LogP contribution in [0.2, 0.25) is 0 Å². The molecule has 6 aromatic carbocycles. The molecule has 0 bridgehead atoms. The van der Waals surface area contributed by atoms with Gasteiger partial charge in [0.25, 0.3) is 0 Å². The fourth-order valence-corrected chi connectivity index (χ4v) is 5.57. The lowest BCUT2D eigenvalue weighted by Crippen LogP contribution is -1.96. The first-order valence-corrected chi connectivity index (χ1v) is 10.7. The van der Waals surface area contributed by atoms with Gasteiger partial charge in [-0.05, 0) is 128 Å². The average Bonchev–Trinajstić information content (AvgIpc) is 2.78. The lowest BCUT2D eigenvalue weighted by atomic mass is 9.84. The summed E-state index contributed by atoms with van der Waals surface area (Å²) >= 11 is 0. The second-order valence-electron chi connectivity index (χ2n) is 8.74. The molecule has 0 fully saturated rings. The molecular weight excluding hydrogens is 360 g/mol. The molecule has 0 aliphatic rings. The van der Waals surface area contributed by atoms with Gasteiger partial charge in [0.1, 0.15) is 0 Å². The van der Waals surface area contributed by atoms with Gasteiger partial charge in [0.05, 0.1) is 0 Å².